The first kappa shape index (κ1) is 26.9. The van der Waals surface area contributed by atoms with Crippen molar-refractivity contribution in [3.63, 3.8) is 0 Å². The summed E-state index contributed by atoms with van der Waals surface area (Å²) >= 11 is 0. The molecule has 0 radical (unpaired) electrons. The van der Waals surface area contributed by atoms with Gasteiger partial charge < -0.3 is 15.0 Å². The molecule has 3 heterocycles. The monoisotopic (exact) mass is 543 g/mol. The molecule has 2 aromatic carbocycles. The highest BCUT2D eigenvalue weighted by atomic mass is 19.2. The number of amides is 1. The Hall–Kier alpha value is -3.66. The topological polar surface area (TPSA) is 76.6 Å². The molecule has 2 aliphatic rings. The van der Waals surface area contributed by atoms with Crippen LogP contribution >= 0.6 is 0 Å². The van der Waals surface area contributed by atoms with Gasteiger partial charge in [0.2, 0.25) is 5.91 Å². The maximum absolute atomic E-state index is 13.9. The molecular formula is C29H29F4N3O3. The Morgan fingerprint density at radius 1 is 0.949 bits per heavy atom. The molecule has 10 heteroatoms. The molecule has 39 heavy (non-hydrogen) atoms. The minimum Gasteiger partial charge on any atom is -0.480 e. The van der Waals surface area contributed by atoms with Crippen molar-refractivity contribution < 1.29 is 32.3 Å². The molecule has 0 spiro atoms. The van der Waals surface area contributed by atoms with Gasteiger partial charge in [-0.15, -0.1) is 0 Å². The molecule has 0 saturated carbocycles. The van der Waals surface area contributed by atoms with Gasteiger partial charge in [-0.3, -0.25) is 14.5 Å². The Kier molecular flexibility index (Phi) is 7.74. The van der Waals surface area contributed by atoms with E-state index < -0.39 is 35.4 Å². The van der Waals surface area contributed by atoms with Crippen LogP contribution < -0.4 is 0 Å². The Balaban J connectivity index is 1.17. The van der Waals surface area contributed by atoms with Crippen molar-refractivity contribution in [1.29, 1.82) is 0 Å². The van der Waals surface area contributed by atoms with Crippen molar-refractivity contribution in [2.24, 2.45) is 5.92 Å². The fourth-order valence-electron chi connectivity index (χ4n) is 5.97. The van der Waals surface area contributed by atoms with E-state index >= 15 is 0 Å². The summed E-state index contributed by atoms with van der Waals surface area (Å²) in [5.41, 5.74) is 1.65. The van der Waals surface area contributed by atoms with Crippen molar-refractivity contribution in [2.45, 2.75) is 37.6 Å². The maximum Gasteiger partial charge on any atom is 0.321 e. The third-order valence-electron chi connectivity index (χ3n) is 8.06. The number of aromatic amines is 1. The number of likely N-dealkylation sites (tertiary alicyclic amines) is 2. The van der Waals surface area contributed by atoms with E-state index in [1.807, 2.05) is 11.1 Å². The lowest BCUT2D eigenvalue weighted by atomic mass is 9.84. The second kappa shape index (κ2) is 11.2. The fourth-order valence-corrected chi connectivity index (χ4v) is 5.97. The number of carboxylic acid groups (broad SMARTS) is 1. The number of hydrogen-bond acceptors (Lipinski definition) is 3. The lowest BCUT2D eigenvalue weighted by Crippen LogP contribution is -2.52. The number of carbonyl (C=O) groups excluding carboxylic acids is 1. The fraction of sp³-hybridized carbons (Fsp3) is 0.379. The lowest BCUT2D eigenvalue weighted by Gasteiger charge is -2.41. The summed E-state index contributed by atoms with van der Waals surface area (Å²) in [6.07, 6.45) is 6.73. The highest BCUT2D eigenvalue weighted by Gasteiger charge is 2.38. The molecule has 6 nitrogen and oxygen atoms in total. The highest BCUT2D eigenvalue weighted by molar-refractivity contribution is 5.92. The van der Waals surface area contributed by atoms with E-state index in [4.69, 9.17) is 0 Å². The van der Waals surface area contributed by atoms with E-state index in [9.17, 15) is 32.3 Å². The summed E-state index contributed by atoms with van der Waals surface area (Å²) in [5.74, 6) is -5.71. The number of aliphatic carboxylic acids is 1. The standard InChI is InChI=1S/C29H29F4N3O3/c30-20-3-4-21-22(16-34-24(21)15-20)17-7-13-36(14-8-17)28(29(38)39)19-9-11-35(12-10-19)25(37)6-2-18-1-5-23(31)27(33)26(18)32/h1-6,15-17,19,28,34H,7-14H2,(H,38,39). The number of rotatable bonds is 6. The van der Waals surface area contributed by atoms with Gasteiger partial charge >= 0.3 is 5.97 Å². The molecule has 0 aliphatic carbocycles. The number of halogens is 4. The molecule has 1 unspecified atom stereocenters. The average molecular weight is 544 g/mol. The van der Waals surface area contributed by atoms with Crippen LogP contribution in [0, 0.1) is 29.2 Å². The van der Waals surface area contributed by atoms with Gasteiger partial charge in [0.15, 0.2) is 17.5 Å². The zero-order valence-corrected chi connectivity index (χ0v) is 21.2. The molecule has 1 amide bonds. The molecule has 1 aromatic heterocycles. The summed E-state index contributed by atoms with van der Waals surface area (Å²) in [6, 6.07) is 5.90. The number of nitrogens with zero attached hydrogens (tertiary/aromatic N) is 2. The Bertz CT molecular complexity index is 1410. The maximum atomic E-state index is 13.9. The molecule has 5 rings (SSSR count). The van der Waals surface area contributed by atoms with E-state index in [-0.39, 0.29) is 23.2 Å². The number of carbonyl (C=O) groups is 2. The van der Waals surface area contributed by atoms with Crippen LogP contribution in [0.15, 0.2) is 42.6 Å². The number of nitrogens with one attached hydrogen (secondary N) is 1. The summed E-state index contributed by atoms with van der Waals surface area (Å²) < 4.78 is 54.0. The summed E-state index contributed by atoms with van der Waals surface area (Å²) in [5, 5.41) is 11.1. The van der Waals surface area contributed by atoms with Crippen LogP contribution in [0.4, 0.5) is 17.6 Å². The van der Waals surface area contributed by atoms with E-state index in [0.29, 0.717) is 39.0 Å². The van der Waals surface area contributed by atoms with Crippen molar-refractivity contribution in [2.75, 3.05) is 26.2 Å². The van der Waals surface area contributed by atoms with Crippen LogP contribution in [0.2, 0.25) is 0 Å². The first-order valence-corrected chi connectivity index (χ1v) is 13.1. The number of hydrogen-bond donors (Lipinski definition) is 2. The minimum atomic E-state index is -1.59. The van der Waals surface area contributed by atoms with Gasteiger partial charge in [0, 0.05) is 41.8 Å². The number of fused-ring (bicyclic) bond motifs is 1. The van der Waals surface area contributed by atoms with Gasteiger partial charge in [0.25, 0.3) is 0 Å². The molecule has 3 aromatic rings. The van der Waals surface area contributed by atoms with Crippen LogP contribution in [-0.4, -0.2) is 64.0 Å². The van der Waals surface area contributed by atoms with Crippen molar-refractivity contribution >= 4 is 28.9 Å². The van der Waals surface area contributed by atoms with Crippen LogP contribution in [0.3, 0.4) is 0 Å². The quantitative estimate of drug-likeness (QED) is 0.251. The van der Waals surface area contributed by atoms with Crippen LogP contribution in [0.5, 0.6) is 0 Å². The smallest absolute Gasteiger partial charge is 0.321 e. The Morgan fingerprint density at radius 2 is 1.67 bits per heavy atom. The molecule has 1 atom stereocenters. The number of H-pyrrole nitrogens is 1. The van der Waals surface area contributed by atoms with Gasteiger partial charge in [0.1, 0.15) is 11.9 Å². The lowest BCUT2D eigenvalue weighted by molar-refractivity contribution is -0.147. The van der Waals surface area contributed by atoms with Gasteiger partial charge in [-0.05, 0) is 92.6 Å². The van der Waals surface area contributed by atoms with Crippen molar-refractivity contribution in [1.82, 2.24) is 14.8 Å². The summed E-state index contributed by atoms with van der Waals surface area (Å²) in [4.78, 5) is 31.6. The average Bonchev–Trinajstić information content (AvgIpc) is 3.35. The predicted octanol–water partition coefficient (Wildman–Crippen LogP) is 5.31. The number of aromatic nitrogens is 1. The zero-order valence-electron chi connectivity index (χ0n) is 21.2. The molecule has 206 valence electrons. The van der Waals surface area contributed by atoms with E-state index in [1.54, 1.807) is 11.0 Å². The minimum absolute atomic E-state index is 0.133. The second-order valence-corrected chi connectivity index (χ2v) is 10.3. The molecule has 2 aliphatic heterocycles. The van der Waals surface area contributed by atoms with Crippen LogP contribution in [-0.2, 0) is 9.59 Å². The van der Waals surface area contributed by atoms with Gasteiger partial charge in [-0.25, -0.2) is 17.6 Å². The van der Waals surface area contributed by atoms with E-state index in [0.717, 1.165) is 53.6 Å². The normalized spacial score (nSPS) is 18.7. The number of carboxylic acids is 1. The van der Waals surface area contributed by atoms with Crippen molar-refractivity contribution in [3.05, 3.63) is 77.0 Å². The summed E-state index contributed by atoms with van der Waals surface area (Å²) in [6.45, 7) is 1.94. The predicted molar refractivity (Wildman–Crippen MR) is 138 cm³/mol. The molecule has 0 bridgehead atoms. The third-order valence-corrected chi connectivity index (χ3v) is 8.06. The zero-order chi connectivity index (χ0) is 27.7. The van der Waals surface area contributed by atoms with E-state index in [2.05, 4.69) is 4.98 Å². The highest BCUT2D eigenvalue weighted by Crippen LogP contribution is 2.35. The Morgan fingerprint density at radius 3 is 2.36 bits per heavy atom. The molecular weight excluding hydrogens is 514 g/mol. The first-order valence-electron chi connectivity index (χ1n) is 13.1. The van der Waals surface area contributed by atoms with Crippen LogP contribution in [0.1, 0.15) is 42.7 Å². The Labute approximate surface area is 222 Å². The molecule has 2 saturated heterocycles. The summed E-state index contributed by atoms with van der Waals surface area (Å²) in [7, 11) is 0. The first-order chi connectivity index (χ1) is 18.7. The van der Waals surface area contributed by atoms with Crippen molar-refractivity contribution in [3.8, 4) is 0 Å². The molecule has 2 fully saturated rings. The second-order valence-electron chi connectivity index (χ2n) is 10.3. The van der Waals surface area contributed by atoms with E-state index in [1.165, 1.54) is 12.1 Å². The third kappa shape index (κ3) is 5.56. The SMILES string of the molecule is O=C(O)C(C1CCN(C(=O)C=Cc2ccc(F)c(F)c2F)CC1)N1CCC(c2c[nH]c3cc(F)ccc23)CC1. The molecule has 2 N–H and O–H groups in total. The van der Waals surface area contributed by atoms with Gasteiger partial charge in [0.05, 0.1) is 0 Å². The van der Waals surface area contributed by atoms with Gasteiger partial charge in [-0.2, -0.15) is 0 Å². The van der Waals surface area contributed by atoms with Gasteiger partial charge in [-0.1, -0.05) is 0 Å². The number of benzene rings is 2. The number of piperidine rings is 2. The largest absolute Gasteiger partial charge is 0.480 e. The van der Waals surface area contributed by atoms with Crippen LogP contribution in [0.25, 0.3) is 17.0 Å².